The Morgan fingerprint density at radius 1 is 1.10 bits per heavy atom. The Kier molecular flexibility index (Phi) is 4.90. The average molecular weight is 282 g/mol. The Balaban J connectivity index is 2.32. The molecule has 1 atom stereocenters. The van der Waals surface area contributed by atoms with Gasteiger partial charge in [0, 0.05) is 0 Å². The fourth-order valence-corrected chi connectivity index (χ4v) is 2.07. The van der Waals surface area contributed by atoms with Gasteiger partial charge in [-0.15, -0.1) is 0 Å². The van der Waals surface area contributed by atoms with Gasteiger partial charge in [-0.05, 0) is 17.2 Å². The lowest BCUT2D eigenvalue weighted by atomic mass is 9.89. The second-order valence-corrected chi connectivity index (χ2v) is 4.79. The molecule has 2 rings (SSSR count). The predicted octanol–water partition coefficient (Wildman–Crippen LogP) is 3.15. The zero-order valence-electron chi connectivity index (χ0n) is 11.9. The van der Waals surface area contributed by atoms with Crippen molar-refractivity contribution in [3.63, 3.8) is 0 Å². The van der Waals surface area contributed by atoms with E-state index < -0.39 is 11.6 Å². The van der Waals surface area contributed by atoms with Gasteiger partial charge < -0.3 is 9.84 Å². The van der Waals surface area contributed by atoms with Gasteiger partial charge in [0.05, 0.1) is 13.5 Å². The molecule has 0 aliphatic rings. The van der Waals surface area contributed by atoms with Crippen molar-refractivity contribution in [2.24, 2.45) is 0 Å². The number of carbonyl (C=O) groups is 1. The zero-order chi connectivity index (χ0) is 15.1. The summed E-state index contributed by atoms with van der Waals surface area (Å²) in [6, 6.07) is 18.7. The Labute approximate surface area is 124 Å². The Morgan fingerprint density at radius 3 is 2.24 bits per heavy atom. The molecule has 108 valence electrons. The smallest absolute Gasteiger partial charge is 0.309 e. The highest BCUT2D eigenvalue weighted by molar-refractivity contribution is 5.72. The third kappa shape index (κ3) is 4.04. The number of carbonyl (C=O) groups excluding carboxylic acids is 1. The maximum Gasteiger partial charge on any atom is 0.309 e. The first-order valence-electron chi connectivity index (χ1n) is 6.73. The molecule has 0 saturated carbocycles. The summed E-state index contributed by atoms with van der Waals surface area (Å²) in [5, 5.41) is 10.9. The summed E-state index contributed by atoms with van der Waals surface area (Å²) in [6.45, 7) is 0. The average Bonchev–Trinajstić information content (AvgIpc) is 2.55. The van der Waals surface area contributed by atoms with Crippen molar-refractivity contribution >= 4 is 12.0 Å². The van der Waals surface area contributed by atoms with Gasteiger partial charge in [0.2, 0.25) is 0 Å². The molecule has 21 heavy (non-hydrogen) atoms. The molecule has 0 aromatic heterocycles. The van der Waals surface area contributed by atoms with E-state index in [-0.39, 0.29) is 6.42 Å². The monoisotopic (exact) mass is 282 g/mol. The van der Waals surface area contributed by atoms with E-state index >= 15 is 0 Å². The van der Waals surface area contributed by atoms with Crippen LogP contribution in [0.1, 0.15) is 17.5 Å². The van der Waals surface area contributed by atoms with E-state index in [1.54, 1.807) is 24.3 Å². The molecular formula is C18H18O3. The van der Waals surface area contributed by atoms with Gasteiger partial charge in [-0.1, -0.05) is 66.7 Å². The summed E-state index contributed by atoms with van der Waals surface area (Å²) in [7, 11) is 1.31. The Hall–Kier alpha value is -2.39. The van der Waals surface area contributed by atoms with Crippen molar-refractivity contribution in [2.45, 2.75) is 12.0 Å². The lowest BCUT2D eigenvalue weighted by Gasteiger charge is -2.24. The van der Waals surface area contributed by atoms with E-state index in [0.29, 0.717) is 5.56 Å². The van der Waals surface area contributed by atoms with Crippen LogP contribution in [-0.2, 0) is 15.1 Å². The fraction of sp³-hybridized carbons (Fsp3) is 0.167. The summed E-state index contributed by atoms with van der Waals surface area (Å²) in [5.74, 6) is -0.459. The first-order valence-corrected chi connectivity index (χ1v) is 6.73. The highest BCUT2D eigenvalue weighted by atomic mass is 16.5. The van der Waals surface area contributed by atoms with Crippen LogP contribution in [0, 0.1) is 0 Å². The maximum atomic E-state index is 11.6. The van der Waals surface area contributed by atoms with Crippen molar-refractivity contribution in [1.29, 1.82) is 0 Å². The molecule has 0 spiro atoms. The second kappa shape index (κ2) is 6.86. The number of methoxy groups -OCH3 is 1. The third-order valence-electron chi connectivity index (χ3n) is 3.27. The molecule has 3 heteroatoms. The number of esters is 1. The van der Waals surface area contributed by atoms with Gasteiger partial charge in [0.1, 0.15) is 5.60 Å². The van der Waals surface area contributed by atoms with Crippen LogP contribution in [-0.4, -0.2) is 18.2 Å². The molecule has 0 amide bonds. The number of ether oxygens (including phenoxy) is 1. The largest absolute Gasteiger partial charge is 0.469 e. The van der Waals surface area contributed by atoms with E-state index in [2.05, 4.69) is 4.74 Å². The number of hydrogen-bond acceptors (Lipinski definition) is 3. The van der Waals surface area contributed by atoms with E-state index in [4.69, 9.17) is 0 Å². The number of hydrogen-bond donors (Lipinski definition) is 1. The molecule has 0 heterocycles. The van der Waals surface area contributed by atoms with Crippen LogP contribution in [0.15, 0.2) is 66.7 Å². The van der Waals surface area contributed by atoms with Gasteiger partial charge >= 0.3 is 5.97 Å². The third-order valence-corrected chi connectivity index (χ3v) is 3.27. The van der Waals surface area contributed by atoms with Crippen LogP contribution in [0.5, 0.6) is 0 Å². The van der Waals surface area contributed by atoms with Gasteiger partial charge in [-0.3, -0.25) is 4.79 Å². The van der Waals surface area contributed by atoms with E-state index in [0.717, 1.165) is 5.56 Å². The lowest BCUT2D eigenvalue weighted by Crippen LogP contribution is -2.27. The van der Waals surface area contributed by atoms with E-state index in [1.165, 1.54) is 7.11 Å². The molecule has 1 unspecified atom stereocenters. The van der Waals surface area contributed by atoms with Gasteiger partial charge in [-0.25, -0.2) is 0 Å². The molecular weight excluding hydrogens is 264 g/mol. The summed E-state index contributed by atoms with van der Waals surface area (Å²) in [4.78, 5) is 11.6. The lowest BCUT2D eigenvalue weighted by molar-refractivity contribution is -0.144. The molecule has 2 aromatic rings. The molecule has 0 aliphatic carbocycles. The topological polar surface area (TPSA) is 46.5 Å². The Bertz CT molecular complexity index is 605. The minimum Gasteiger partial charge on any atom is -0.469 e. The van der Waals surface area contributed by atoms with E-state index in [1.807, 2.05) is 48.5 Å². The summed E-state index contributed by atoms with van der Waals surface area (Å²) in [6.07, 6.45) is 3.31. The van der Waals surface area contributed by atoms with Crippen molar-refractivity contribution in [3.8, 4) is 0 Å². The minimum absolute atomic E-state index is 0.128. The minimum atomic E-state index is -1.38. The molecule has 0 aliphatic heterocycles. The molecule has 0 saturated heterocycles. The predicted molar refractivity (Wildman–Crippen MR) is 82.4 cm³/mol. The van der Waals surface area contributed by atoms with Crippen LogP contribution in [0.2, 0.25) is 0 Å². The molecule has 2 aromatic carbocycles. The highest BCUT2D eigenvalue weighted by Gasteiger charge is 2.29. The number of aliphatic hydroxyl groups is 1. The van der Waals surface area contributed by atoms with Crippen LogP contribution < -0.4 is 0 Å². The fourth-order valence-electron chi connectivity index (χ4n) is 2.07. The van der Waals surface area contributed by atoms with Gasteiger partial charge in [0.25, 0.3) is 0 Å². The number of rotatable bonds is 5. The molecule has 1 N–H and O–H groups in total. The first kappa shape index (κ1) is 15.0. The molecule has 0 fully saturated rings. The van der Waals surface area contributed by atoms with Crippen molar-refractivity contribution in [2.75, 3.05) is 7.11 Å². The maximum absolute atomic E-state index is 11.6. The normalized spacial score (nSPS) is 13.8. The van der Waals surface area contributed by atoms with E-state index in [9.17, 15) is 9.90 Å². The van der Waals surface area contributed by atoms with Crippen molar-refractivity contribution < 1.29 is 14.6 Å². The second-order valence-electron chi connectivity index (χ2n) is 4.79. The highest BCUT2D eigenvalue weighted by Crippen LogP contribution is 2.28. The first-order chi connectivity index (χ1) is 10.1. The van der Waals surface area contributed by atoms with Crippen LogP contribution in [0.3, 0.4) is 0 Å². The van der Waals surface area contributed by atoms with Crippen LogP contribution >= 0.6 is 0 Å². The van der Waals surface area contributed by atoms with Crippen molar-refractivity contribution in [3.05, 3.63) is 77.9 Å². The van der Waals surface area contributed by atoms with Crippen LogP contribution in [0.25, 0.3) is 6.08 Å². The zero-order valence-corrected chi connectivity index (χ0v) is 11.9. The summed E-state index contributed by atoms with van der Waals surface area (Å²) in [5.41, 5.74) is 0.226. The summed E-state index contributed by atoms with van der Waals surface area (Å²) >= 11 is 0. The van der Waals surface area contributed by atoms with Crippen molar-refractivity contribution in [1.82, 2.24) is 0 Å². The molecule has 3 nitrogen and oxygen atoms in total. The van der Waals surface area contributed by atoms with Crippen LogP contribution in [0.4, 0.5) is 0 Å². The molecule has 0 radical (unpaired) electrons. The molecule has 0 bridgehead atoms. The quantitative estimate of drug-likeness (QED) is 0.857. The standard InChI is InChI=1S/C18H18O3/c1-21-17(19)14-18(20,16-10-6-3-7-11-16)13-12-15-8-4-2-5-9-15/h2-13,20H,14H2,1H3/b13-12+. The SMILES string of the molecule is COC(=O)CC(O)(/C=C/c1ccccc1)c1ccccc1. The number of benzene rings is 2. The van der Waals surface area contributed by atoms with Gasteiger partial charge in [-0.2, -0.15) is 0 Å². The summed E-state index contributed by atoms with van der Waals surface area (Å²) < 4.78 is 4.69. The van der Waals surface area contributed by atoms with Gasteiger partial charge in [0.15, 0.2) is 0 Å². The Morgan fingerprint density at radius 2 is 1.67 bits per heavy atom.